The molecule has 2 rings (SSSR count). The zero-order chi connectivity index (χ0) is 10.8. The van der Waals surface area contributed by atoms with Crippen LogP contribution in [0.1, 0.15) is 24.2 Å². The van der Waals surface area contributed by atoms with Crippen LogP contribution in [-0.4, -0.2) is 9.97 Å². The summed E-state index contributed by atoms with van der Waals surface area (Å²) in [7, 11) is 0. The second-order valence-corrected chi connectivity index (χ2v) is 4.45. The van der Waals surface area contributed by atoms with E-state index in [4.69, 9.17) is 5.73 Å². The highest BCUT2D eigenvalue weighted by atomic mass is 32.1. The van der Waals surface area contributed by atoms with Crippen LogP contribution in [0.15, 0.2) is 23.7 Å². The van der Waals surface area contributed by atoms with Crippen LogP contribution in [0.5, 0.6) is 0 Å². The van der Waals surface area contributed by atoms with E-state index in [9.17, 15) is 0 Å². The zero-order valence-electron chi connectivity index (χ0n) is 8.77. The van der Waals surface area contributed by atoms with Crippen molar-refractivity contribution in [3.8, 4) is 10.7 Å². The zero-order valence-corrected chi connectivity index (χ0v) is 9.58. The Bertz CT molecular complexity index is 449. The summed E-state index contributed by atoms with van der Waals surface area (Å²) in [6, 6.07) is 4.01. The standard InChI is InChI=1S/C11H13N3S/c1-7(12)9-6-13-11(14-8(9)2)10-4-3-5-15-10/h3-7H,12H2,1-2H3/t7-/m1/s1. The molecule has 0 aromatic carbocycles. The highest BCUT2D eigenvalue weighted by molar-refractivity contribution is 7.13. The minimum absolute atomic E-state index is 0.0117. The molecule has 78 valence electrons. The molecule has 0 aliphatic heterocycles. The first-order chi connectivity index (χ1) is 7.18. The average Bonchev–Trinajstić information content (AvgIpc) is 2.69. The van der Waals surface area contributed by atoms with Gasteiger partial charge in [0.25, 0.3) is 0 Å². The van der Waals surface area contributed by atoms with Crippen molar-refractivity contribution in [3.63, 3.8) is 0 Å². The summed E-state index contributed by atoms with van der Waals surface area (Å²) in [5.74, 6) is 0.784. The maximum Gasteiger partial charge on any atom is 0.169 e. The molecular weight excluding hydrogens is 206 g/mol. The molecule has 1 atom stereocenters. The molecule has 2 heterocycles. The Morgan fingerprint density at radius 3 is 2.80 bits per heavy atom. The van der Waals surface area contributed by atoms with Crippen molar-refractivity contribution in [2.24, 2.45) is 5.73 Å². The largest absolute Gasteiger partial charge is 0.324 e. The topological polar surface area (TPSA) is 51.8 Å². The Balaban J connectivity index is 2.42. The van der Waals surface area contributed by atoms with Crippen LogP contribution in [-0.2, 0) is 0 Å². The summed E-state index contributed by atoms with van der Waals surface area (Å²) in [5.41, 5.74) is 7.78. The molecule has 2 N–H and O–H groups in total. The van der Waals surface area contributed by atoms with Crippen LogP contribution in [0, 0.1) is 6.92 Å². The van der Waals surface area contributed by atoms with Gasteiger partial charge in [-0.1, -0.05) is 6.07 Å². The van der Waals surface area contributed by atoms with Crippen molar-refractivity contribution < 1.29 is 0 Å². The molecule has 4 heteroatoms. The molecule has 0 unspecified atom stereocenters. The van der Waals surface area contributed by atoms with Crippen molar-refractivity contribution in [1.82, 2.24) is 9.97 Å². The predicted molar refractivity (Wildman–Crippen MR) is 62.7 cm³/mol. The van der Waals surface area contributed by atoms with E-state index in [0.717, 1.165) is 22.0 Å². The Labute approximate surface area is 93.0 Å². The van der Waals surface area contributed by atoms with Gasteiger partial charge in [0, 0.05) is 23.5 Å². The third kappa shape index (κ3) is 2.06. The van der Waals surface area contributed by atoms with E-state index in [0.29, 0.717) is 0 Å². The Hall–Kier alpha value is -1.26. The van der Waals surface area contributed by atoms with Gasteiger partial charge in [-0.2, -0.15) is 0 Å². The van der Waals surface area contributed by atoms with Gasteiger partial charge in [0.1, 0.15) is 0 Å². The summed E-state index contributed by atoms with van der Waals surface area (Å²) in [5, 5.41) is 2.02. The first kappa shape index (κ1) is 10.3. The summed E-state index contributed by atoms with van der Waals surface area (Å²) >= 11 is 1.64. The Morgan fingerprint density at radius 2 is 2.27 bits per heavy atom. The normalized spacial score (nSPS) is 12.7. The quantitative estimate of drug-likeness (QED) is 0.844. The van der Waals surface area contributed by atoms with E-state index in [1.165, 1.54) is 0 Å². The molecule has 3 nitrogen and oxygen atoms in total. The lowest BCUT2D eigenvalue weighted by molar-refractivity contribution is 0.790. The maximum atomic E-state index is 5.81. The fourth-order valence-corrected chi connectivity index (χ4v) is 2.11. The SMILES string of the molecule is Cc1nc(-c2cccs2)ncc1[C@@H](C)N. The summed E-state index contributed by atoms with van der Waals surface area (Å²) in [4.78, 5) is 9.87. The van der Waals surface area contributed by atoms with Gasteiger partial charge in [0.05, 0.1) is 4.88 Å². The second-order valence-electron chi connectivity index (χ2n) is 3.50. The molecule has 2 aromatic rings. The van der Waals surface area contributed by atoms with Crippen molar-refractivity contribution in [2.75, 3.05) is 0 Å². The molecule has 0 aliphatic rings. The number of hydrogen-bond donors (Lipinski definition) is 1. The van der Waals surface area contributed by atoms with E-state index in [1.54, 1.807) is 11.3 Å². The molecule has 0 fully saturated rings. The number of thiophene rings is 1. The summed E-state index contributed by atoms with van der Waals surface area (Å²) in [6.45, 7) is 3.91. The lowest BCUT2D eigenvalue weighted by atomic mass is 10.1. The van der Waals surface area contributed by atoms with Crippen LogP contribution >= 0.6 is 11.3 Å². The van der Waals surface area contributed by atoms with Gasteiger partial charge in [0.15, 0.2) is 5.82 Å². The van der Waals surface area contributed by atoms with Crippen LogP contribution < -0.4 is 5.73 Å². The van der Waals surface area contributed by atoms with Gasteiger partial charge >= 0.3 is 0 Å². The van der Waals surface area contributed by atoms with Crippen LogP contribution in [0.4, 0.5) is 0 Å². The summed E-state index contributed by atoms with van der Waals surface area (Å²) < 4.78 is 0. The van der Waals surface area contributed by atoms with Crippen molar-refractivity contribution in [3.05, 3.63) is 35.0 Å². The van der Waals surface area contributed by atoms with Crippen molar-refractivity contribution in [2.45, 2.75) is 19.9 Å². The molecule has 0 amide bonds. The minimum atomic E-state index is -0.0117. The van der Waals surface area contributed by atoms with Crippen LogP contribution in [0.25, 0.3) is 10.7 Å². The van der Waals surface area contributed by atoms with Crippen molar-refractivity contribution >= 4 is 11.3 Å². The van der Waals surface area contributed by atoms with E-state index in [-0.39, 0.29) is 6.04 Å². The average molecular weight is 219 g/mol. The highest BCUT2D eigenvalue weighted by Crippen LogP contribution is 2.22. The van der Waals surface area contributed by atoms with Crippen LogP contribution in [0.3, 0.4) is 0 Å². The van der Waals surface area contributed by atoms with Crippen molar-refractivity contribution in [1.29, 1.82) is 0 Å². The first-order valence-electron chi connectivity index (χ1n) is 4.81. The maximum absolute atomic E-state index is 5.81. The number of nitrogens with two attached hydrogens (primary N) is 1. The number of nitrogens with zero attached hydrogens (tertiary/aromatic N) is 2. The third-order valence-corrected chi connectivity index (χ3v) is 3.12. The smallest absolute Gasteiger partial charge is 0.169 e. The fraction of sp³-hybridized carbons (Fsp3) is 0.273. The van der Waals surface area contributed by atoms with Gasteiger partial charge in [-0.15, -0.1) is 11.3 Å². The number of hydrogen-bond acceptors (Lipinski definition) is 4. The molecule has 0 bridgehead atoms. The Morgan fingerprint density at radius 1 is 1.47 bits per heavy atom. The number of rotatable bonds is 2. The lowest BCUT2D eigenvalue weighted by Gasteiger charge is -2.08. The molecule has 0 radical (unpaired) electrons. The van der Waals surface area contributed by atoms with Gasteiger partial charge in [-0.3, -0.25) is 0 Å². The molecule has 0 saturated carbocycles. The van der Waals surface area contributed by atoms with E-state index in [2.05, 4.69) is 9.97 Å². The van der Waals surface area contributed by atoms with Gasteiger partial charge in [-0.25, -0.2) is 9.97 Å². The minimum Gasteiger partial charge on any atom is -0.324 e. The summed E-state index contributed by atoms with van der Waals surface area (Å²) in [6.07, 6.45) is 1.82. The molecule has 0 saturated heterocycles. The monoisotopic (exact) mass is 219 g/mol. The second kappa shape index (κ2) is 4.08. The molecule has 15 heavy (non-hydrogen) atoms. The molecule has 0 spiro atoms. The number of aromatic nitrogens is 2. The van der Waals surface area contributed by atoms with Crippen LogP contribution in [0.2, 0.25) is 0 Å². The highest BCUT2D eigenvalue weighted by Gasteiger charge is 2.08. The predicted octanol–water partition coefficient (Wildman–Crippen LogP) is 2.53. The lowest BCUT2D eigenvalue weighted by Crippen LogP contribution is -2.09. The molecule has 0 aliphatic carbocycles. The molecule has 2 aromatic heterocycles. The van der Waals surface area contributed by atoms with Gasteiger partial charge in [0.2, 0.25) is 0 Å². The van der Waals surface area contributed by atoms with E-state index in [1.807, 2.05) is 37.6 Å². The molecular formula is C11H13N3S. The first-order valence-corrected chi connectivity index (χ1v) is 5.69. The van der Waals surface area contributed by atoms with E-state index < -0.39 is 0 Å². The van der Waals surface area contributed by atoms with E-state index >= 15 is 0 Å². The number of aryl methyl sites for hydroxylation is 1. The van der Waals surface area contributed by atoms with Gasteiger partial charge < -0.3 is 5.73 Å². The third-order valence-electron chi connectivity index (χ3n) is 2.25. The fourth-order valence-electron chi connectivity index (χ4n) is 1.45. The Kier molecular flexibility index (Phi) is 2.79. The van der Waals surface area contributed by atoms with Gasteiger partial charge in [-0.05, 0) is 25.3 Å².